The lowest BCUT2D eigenvalue weighted by atomic mass is 9.95. The molecule has 3 fully saturated rings. The van der Waals surface area contributed by atoms with Crippen LogP contribution < -0.4 is 14.7 Å². The van der Waals surface area contributed by atoms with E-state index in [4.69, 9.17) is 11.6 Å². The van der Waals surface area contributed by atoms with E-state index in [0.29, 0.717) is 5.91 Å². The topological polar surface area (TPSA) is 59.1 Å². The van der Waals surface area contributed by atoms with Gasteiger partial charge in [0.15, 0.2) is 11.6 Å². The Morgan fingerprint density at radius 1 is 0.771 bits per heavy atom. The van der Waals surface area contributed by atoms with Crippen LogP contribution in [0.25, 0.3) is 0 Å². The van der Waals surface area contributed by atoms with Gasteiger partial charge in [0.05, 0.1) is 0 Å². The number of carbonyl (C=O) groups is 1. The summed E-state index contributed by atoms with van der Waals surface area (Å²) >= 11 is 6.01. The molecule has 3 aliphatic rings. The van der Waals surface area contributed by atoms with E-state index in [1.165, 1.54) is 5.69 Å². The number of amides is 1. The molecule has 4 heterocycles. The van der Waals surface area contributed by atoms with E-state index in [-0.39, 0.29) is 5.92 Å². The van der Waals surface area contributed by atoms with Gasteiger partial charge in [0, 0.05) is 82.1 Å². The van der Waals surface area contributed by atoms with Crippen molar-refractivity contribution >= 4 is 34.8 Å². The summed E-state index contributed by atoms with van der Waals surface area (Å²) in [5, 5.41) is 9.80. The molecule has 1 aromatic heterocycles. The standard InChI is InChI=1S/C26H36ClN7O/c1-2-30-13-15-33(16-14-30)25-8-7-24(28-29-25)32-11-9-21(10-12-32)26(35)34-19-17-31(18-20-34)23-5-3-22(27)4-6-23/h3-8,21H,2,9-20H2,1H3. The van der Waals surface area contributed by atoms with E-state index < -0.39 is 0 Å². The molecule has 1 amide bonds. The minimum atomic E-state index is 0.107. The van der Waals surface area contributed by atoms with Gasteiger partial charge in [-0.15, -0.1) is 10.2 Å². The van der Waals surface area contributed by atoms with Crippen molar-refractivity contribution in [2.75, 3.05) is 86.7 Å². The summed E-state index contributed by atoms with van der Waals surface area (Å²) in [6.07, 6.45) is 1.75. The lowest BCUT2D eigenvalue weighted by Crippen LogP contribution is -2.51. The van der Waals surface area contributed by atoms with Crippen LogP contribution in [0.4, 0.5) is 17.3 Å². The molecular weight excluding hydrogens is 462 g/mol. The van der Waals surface area contributed by atoms with E-state index in [1.807, 2.05) is 12.1 Å². The van der Waals surface area contributed by atoms with Crippen LogP contribution in [0.15, 0.2) is 36.4 Å². The molecule has 2 aromatic rings. The largest absolute Gasteiger partial charge is 0.368 e. The fraction of sp³-hybridized carbons (Fsp3) is 0.577. The van der Waals surface area contributed by atoms with Crippen LogP contribution in [-0.2, 0) is 4.79 Å². The summed E-state index contributed by atoms with van der Waals surface area (Å²) in [6, 6.07) is 12.1. The molecule has 0 bridgehead atoms. The maximum absolute atomic E-state index is 13.2. The van der Waals surface area contributed by atoms with Crippen molar-refractivity contribution in [3.63, 3.8) is 0 Å². The van der Waals surface area contributed by atoms with Gasteiger partial charge < -0.3 is 24.5 Å². The summed E-state index contributed by atoms with van der Waals surface area (Å²) in [7, 11) is 0. The van der Waals surface area contributed by atoms with Gasteiger partial charge in [-0.2, -0.15) is 0 Å². The molecule has 8 nitrogen and oxygen atoms in total. The third kappa shape index (κ3) is 5.64. The molecule has 0 spiro atoms. The predicted octanol–water partition coefficient (Wildman–Crippen LogP) is 2.84. The molecule has 0 saturated carbocycles. The van der Waals surface area contributed by atoms with Crippen LogP contribution in [0.2, 0.25) is 5.02 Å². The van der Waals surface area contributed by atoms with E-state index in [2.05, 4.69) is 65.9 Å². The highest BCUT2D eigenvalue weighted by molar-refractivity contribution is 6.30. The first-order valence-electron chi connectivity index (χ1n) is 13.0. The smallest absolute Gasteiger partial charge is 0.225 e. The highest BCUT2D eigenvalue weighted by atomic mass is 35.5. The zero-order chi connectivity index (χ0) is 24.2. The number of hydrogen-bond donors (Lipinski definition) is 0. The van der Waals surface area contributed by atoms with Gasteiger partial charge in [-0.3, -0.25) is 4.79 Å². The number of anilines is 3. The number of hydrogen-bond acceptors (Lipinski definition) is 7. The first kappa shape index (κ1) is 24.1. The molecule has 0 aliphatic carbocycles. The van der Waals surface area contributed by atoms with E-state index in [9.17, 15) is 4.79 Å². The SMILES string of the molecule is CCN1CCN(c2ccc(N3CCC(C(=O)N4CCN(c5ccc(Cl)cc5)CC4)CC3)nn2)CC1. The Kier molecular flexibility index (Phi) is 7.58. The summed E-state index contributed by atoms with van der Waals surface area (Å²) < 4.78 is 0. The lowest BCUT2D eigenvalue weighted by molar-refractivity contribution is -0.136. The van der Waals surface area contributed by atoms with Gasteiger partial charge in [-0.05, 0) is 55.8 Å². The summed E-state index contributed by atoms with van der Waals surface area (Å²) in [4.78, 5) is 24.6. The fourth-order valence-corrected chi connectivity index (χ4v) is 5.53. The zero-order valence-corrected chi connectivity index (χ0v) is 21.4. The normalized spacial score (nSPS) is 20.4. The second-order valence-corrected chi connectivity index (χ2v) is 10.2. The van der Waals surface area contributed by atoms with Crippen LogP contribution in [0, 0.1) is 5.92 Å². The first-order chi connectivity index (χ1) is 17.1. The summed E-state index contributed by atoms with van der Waals surface area (Å²) in [5.74, 6) is 2.30. The Morgan fingerprint density at radius 2 is 1.31 bits per heavy atom. The summed E-state index contributed by atoms with van der Waals surface area (Å²) in [6.45, 7) is 12.5. The fourth-order valence-electron chi connectivity index (χ4n) is 5.40. The number of carbonyl (C=O) groups excluding carboxylic acids is 1. The van der Waals surface area contributed by atoms with Crippen molar-refractivity contribution in [3.8, 4) is 0 Å². The molecule has 3 saturated heterocycles. The Balaban J connectivity index is 1.08. The van der Waals surface area contributed by atoms with Gasteiger partial charge in [0.25, 0.3) is 0 Å². The quantitative estimate of drug-likeness (QED) is 0.629. The Bertz CT molecular complexity index is 962. The van der Waals surface area contributed by atoms with Crippen LogP contribution in [0.5, 0.6) is 0 Å². The molecule has 0 N–H and O–H groups in total. The minimum absolute atomic E-state index is 0.107. The van der Waals surface area contributed by atoms with Crippen molar-refractivity contribution < 1.29 is 4.79 Å². The number of nitrogens with zero attached hydrogens (tertiary/aromatic N) is 7. The second kappa shape index (κ2) is 11.0. The van der Waals surface area contributed by atoms with Crippen LogP contribution >= 0.6 is 11.6 Å². The number of piperidine rings is 1. The van der Waals surface area contributed by atoms with Gasteiger partial charge in [0.1, 0.15) is 0 Å². The number of aromatic nitrogens is 2. The average Bonchev–Trinajstić information content (AvgIpc) is 2.93. The minimum Gasteiger partial charge on any atom is -0.368 e. The average molecular weight is 498 g/mol. The monoisotopic (exact) mass is 497 g/mol. The molecule has 5 rings (SSSR count). The van der Waals surface area contributed by atoms with E-state index in [1.54, 1.807) is 0 Å². The van der Waals surface area contributed by atoms with Crippen molar-refractivity contribution in [3.05, 3.63) is 41.4 Å². The molecule has 0 unspecified atom stereocenters. The Hall–Kier alpha value is -2.58. The highest BCUT2D eigenvalue weighted by Crippen LogP contribution is 2.26. The Labute approximate surface area is 213 Å². The third-order valence-electron chi connectivity index (χ3n) is 7.73. The van der Waals surface area contributed by atoms with Gasteiger partial charge in [-0.1, -0.05) is 18.5 Å². The van der Waals surface area contributed by atoms with Gasteiger partial charge >= 0.3 is 0 Å². The predicted molar refractivity (Wildman–Crippen MR) is 142 cm³/mol. The van der Waals surface area contributed by atoms with Crippen LogP contribution in [0.1, 0.15) is 19.8 Å². The first-order valence-corrected chi connectivity index (χ1v) is 13.3. The molecule has 3 aliphatic heterocycles. The number of rotatable bonds is 5. The van der Waals surface area contributed by atoms with Crippen molar-refractivity contribution in [2.45, 2.75) is 19.8 Å². The lowest BCUT2D eigenvalue weighted by Gasteiger charge is -2.39. The number of piperazine rings is 2. The maximum atomic E-state index is 13.2. The molecule has 0 radical (unpaired) electrons. The number of halogens is 1. The van der Waals surface area contributed by atoms with Crippen molar-refractivity contribution in [1.29, 1.82) is 0 Å². The Morgan fingerprint density at radius 3 is 1.86 bits per heavy atom. The number of likely N-dealkylation sites (N-methyl/N-ethyl adjacent to an activating group) is 1. The van der Waals surface area contributed by atoms with Gasteiger partial charge in [-0.25, -0.2) is 0 Å². The maximum Gasteiger partial charge on any atom is 0.225 e. The highest BCUT2D eigenvalue weighted by Gasteiger charge is 2.31. The van der Waals surface area contributed by atoms with Crippen LogP contribution in [-0.4, -0.2) is 97.9 Å². The van der Waals surface area contributed by atoms with E-state index in [0.717, 1.165) is 101 Å². The molecular formula is C26H36ClN7O. The van der Waals surface area contributed by atoms with Gasteiger partial charge in [0.2, 0.25) is 5.91 Å². The molecule has 1 aromatic carbocycles. The second-order valence-electron chi connectivity index (χ2n) is 9.72. The summed E-state index contributed by atoms with van der Waals surface area (Å²) in [5.41, 5.74) is 1.17. The molecule has 0 atom stereocenters. The third-order valence-corrected chi connectivity index (χ3v) is 7.98. The van der Waals surface area contributed by atoms with Crippen molar-refractivity contribution in [2.24, 2.45) is 5.92 Å². The molecule has 188 valence electrons. The zero-order valence-electron chi connectivity index (χ0n) is 20.7. The molecule has 35 heavy (non-hydrogen) atoms. The van der Waals surface area contributed by atoms with Crippen molar-refractivity contribution in [1.82, 2.24) is 20.0 Å². The number of benzene rings is 1. The van der Waals surface area contributed by atoms with Crippen LogP contribution in [0.3, 0.4) is 0 Å². The van der Waals surface area contributed by atoms with E-state index >= 15 is 0 Å². The molecule has 9 heteroatoms.